The Bertz CT molecular complexity index is 1130. The number of ether oxygens (including phenoxy) is 1. The number of para-hydroxylation sites is 1. The van der Waals surface area contributed by atoms with Gasteiger partial charge in [0, 0.05) is 31.6 Å². The molecule has 0 aliphatic rings. The smallest absolute Gasteiger partial charge is 0.137 e. The Kier molecular flexibility index (Phi) is 6.58. The van der Waals surface area contributed by atoms with Gasteiger partial charge < -0.3 is 4.74 Å². The van der Waals surface area contributed by atoms with Crippen molar-refractivity contribution < 1.29 is 9.53 Å². The third-order valence-electron chi connectivity index (χ3n) is 5.24. The molecule has 0 bridgehead atoms. The number of carbonyl (C=O) groups excluding carboxylic acids is 1. The minimum Gasteiger partial charge on any atom is -0.488 e. The van der Waals surface area contributed by atoms with E-state index in [2.05, 4.69) is 23.3 Å². The first kappa shape index (κ1) is 20.6. The number of hydrogen-bond donors (Lipinski definition) is 0. The summed E-state index contributed by atoms with van der Waals surface area (Å²) in [7, 11) is 1.89. The number of rotatable bonds is 9. The van der Waals surface area contributed by atoms with E-state index in [-0.39, 0.29) is 5.78 Å². The predicted octanol–water partition coefficient (Wildman–Crippen LogP) is 5.41. The lowest BCUT2D eigenvalue weighted by molar-refractivity contribution is -0.118. The highest BCUT2D eigenvalue weighted by atomic mass is 16.5. The van der Waals surface area contributed by atoms with Crippen LogP contribution in [-0.4, -0.2) is 15.6 Å². The predicted molar refractivity (Wildman–Crippen MR) is 123 cm³/mol. The van der Waals surface area contributed by atoms with Crippen LogP contribution in [0.4, 0.5) is 0 Å². The number of nitrogens with zero attached hydrogens (tertiary/aromatic N) is 2. The molecule has 0 aliphatic carbocycles. The van der Waals surface area contributed by atoms with Crippen molar-refractivity contribution in [1.29, 1.82) is 0 Å². The lowest BCUT2D eigenvalue weighted by atomic mass is 10.0. The average molecular weight is 411 g/mol. The van der Waals surface area contributed by atoms with E-state index in [1.807, 2.05) is 80.1 Å². The van der Waals surface area contributed by atoms with E-state index >= 15 is 0 Å². The highest BCUT2D eigenvalue weighted by Crippen LogP contribution is 2.30. The summed E-state index contributed by atoms with van der Waals surface area (Å²) in [6.07, 6.45) is 5.50. The summed E-state index contributed by atoms with van der Waals surface area (Å²) in [4.78, 5) is 12.3. The van der Waals surface area contributed by atoms with Gasteiger partial charge in [-0.1, -0.05) is 72.8 Å². The molecule has 31 heavy (non-hydrogen) atoms. The van der Waals surface area contributed by atoms with Crippen LogP contribution in [0.3, 0.4) is 0 Å². The second-order valence-electron chi connectivity index (χ2n) is 7.71. The molecular weight excluding hydrogens is 384 g/mol. The van der Waals surface area contributed by atoms with Crippen LogP contribution in [-0.2, 0) is 31.3 Å². The van der Waals surface area contributed by atoms with Crippen molar-refractivity contribution in [2.45, 2.75) is 25.9 Å². The maximum atomic E-state index is 12.3. The van der Waals surface area contributed by atoms with E-state index in [1.165, 1.54) is 0 Å². The summed E-state index contributed by atoms with van der Waals surface area (Å²) in [5.74, 6) is 1.10. The lowest BCUT2D eigenvalue weighted by Crippen LogP contribution is -2.04. The molecule has 4 nitrogen and oxygen atoms in total. The fourth-order valence-corrected chi connectivity index (χ4v) is 3.56. The van der Waals surface area contributed by atoms with Crippen LogP contribution in [0.25, 0.3) is 11.1 Å². The number of carbonyl (C=O) groups is 1. The van der Waals surface area contributed by atoms with Crippen LogP contribution in [0.15, 0.2) is 91.3 Å². The van der Waals surface area contributed by atoms with Crippen molar-refractivity contribution in [3.8, 4) is 16.9 Å². The first-order valence-electron chi connectivity index (χ1n) is 10.5. The van der Waals surface area contributed by atoms with Gasteiger partial charge in [-0.2, -0.15) is 5.10 Å². The fraction of sp³-hybridized carbons (Fsp3) is 0.185. The van der Waals surface area contributed by atoms with Crippen molar-refractivity contribution in [2.24, 2.45) is 7.05 Å². The number of hydrogen-bond acceptors (Lipinski definition) is 3. The molecule has 0 saturated heterocycles. The molecule has 0 N–H and O–H groups in total. The van der Waals surface area contributed by atoms with Gasteiger partial charge in [-0.3, -0.25) is 9.48 Å². The Morgan fingerprint density at radius 2 is 1.58 bits per heavy atom. The summed E-state index contributed by atoms with van der Waals surface area (Å²) in [5, 5.41) is 4.14. The van der Waals surface area contributed by atoms with Crippen LogP contribution in [0, 0.1) is 0 Å². The van der Waals surface area contributed by atoms with Gasteiger partial charge in [-0.15, -0.1) is 0 Å². The Morgan fingerprint density at radius 3 is 2.32 bits per heavy atom. The summed E-state index contributed by atoms with van der Waals surface area (Å²) in [5.41, 5.74) is 5.43. The highest BCUT2D eigenvalue weighted by molar-refractivity contribution is 5.81. The third kappa shape index (κ3) is 5.70. The Morgan fingerprint density at radius 1 is 0.871 bits per heavy atom. The Labute approximate surface area is 183 Å². The monoisotopic (exact) mass is 410 g/mol. The van der Waals surface area contributed by atoms with Gasteiger partial charge in [-0.05, 0) is 34.7 Å². The van der Waals surface area contributed by atoms with E-state index in [0.29, 0.717) is 19.4 Å². The van der Waals surface area contributed by atoms with Gasteiger partial charge in [-0.25, -0.2) is 0 Å². The third-order valence-corrected chi connectivity index (χ3v) is 5.24. The van der Waals surface area contributed by atoms with Gasteiger partial charge >= 0.3 is 0 Å². The molecule has 0 saturated carbocycles. The second kappa shape index (κ2) is 9.90. The first-order valence-corrected chi connectivity index (χ1v) is 10.5. The molecule has 0 unspecified atom stereocenters. The number of Topliss-reactive ketones (excluding diaryl/α,β-unsaturated/α-hetero) is 1. The minimum atomic E-state index is 0.240. The maximum Gasteiger partial charge on any atom is 0.137 e. The maximum absolute atomic E-state index is 12.3. The standard InChI is InChI=1S/C27H26N2O2/c1-29-19-23(18-28-29)15-16-25(30)17-21-11-13-22(14-12-21)20-31-27-10-6-5-9-26(27)24-7-3-2-4-8-24/h2-14,18-19H,15-17,20H2,1H3. The zero-order valence-electron chi connectivity index (χ0n) is 17.7. The van der Waals surface area contributed by atoms with E-state index in [4.69, 9.17) is 4.74 Å². The number of aryl methyl sites for hydroxylation is 2. The molecule has 0 fully saturated rings. The molecule has 3 aromatic carbocycles. The lowest BCUT2D eigenvalue weighted by Gasteiger charge is -2.12. The van der Waals surface area contributed by atoms with Gasteiger partial charge in [0.15, 0.2) is 0 Å². The normalized spacial score (nSPS) is 10.7. The molecule has 1 heterocycles. The van der Waals surface area contributed by atoms with Crippen molar-refractivity contribution in [3.63, 3.8) is 0 Å². The Hall–Kier alpha value is -3.66. The minimum absolute atomic E-state index is 0.240. The van der Waals surface area contributed by atoms with Gasteiger partial charge in [0.05, 0.1) is 6.20 Å². The number of aromatic nitrogens is 2. The number of ketones is 1. The van der Waals surface area contributed by atoms with E-state index in [1.54, 1.807) is 4.68 Å². The molecule has 0 amide bonds. The molecule has 0 spiro atoms. The molecule has 156 valence electrons. The quantitative estimate of drug-likeness (QED) is 0.371. The molecule has 0 radical (unpaired) electrons. The van der Waals surface area contributed by atoms with E-state index < -0.39 is 0 Å². The van der Waals surface area contributed by atoms with Crippen LogP contribution < -0.4 is 4.74 Å². The van der Waals surface area contributed by atoms with Crippen molar-refractivity contribution in [1.82, 2.24) is 9.78 Å². The van der Waals surface area contributed by atoms with Gasteiger partial charge in [0.25, 0.3) is 0 Å². The van der Waals surface area contributed by atoms with Gasteiger partial charge in [0.2, 0.25) is 0 Å². The summed E-state index contributed by atoms with van der Waals surface area (Å²) in [6.45, 7) is 0.485. The summed E-state index contributed by atoms with van der Waals surface area (Å²) < 4.78 is 7.88. The van der Waals surface area contributed by atoms with Crippen LogP contribution >= 0.6 is 0 Å². The fourth-order valence-electron chi connectivity index (χ4n) is 3.56. The zero-order valence-corrected chi connectivity index (χ0v) is 17.7. The van der Waals surface area contributed by atoms with Crippen LogP contribution in [0.2, 0.25) is 0 Å². The SMILES string of the molecule is Cn1cc(CCC(=O)Cc2ccc(COc3ccccc3-c3ccccc3)cc2)cn1. The molecule has 0 aliphatic heterocycles. The van der Waals surface area contributed by atoms with Crippen molar-refractivity contribution in [3.05, 3.63) is 108 Å². The molecule has 0 atom stereocenters. The number of benzene rings is 3. The Balaban J connectivity index is 1.32. The molecule has 4 aromatic rings. The van der Waals surface area contributed by atoms with Crippen molar-refractivity contribution >= 4 is 5.78 Å². The molecule has 1 aromatic heterocycles. The highest BCUT2D eigenvalue weighted by Gasteiger charge is 2.08. The van der Waals surface area contributed by atoms with Gasteiger partial charge in [0.1, 0.15) is 18.1 Å². The summed E-state index contributed by atoms with van der Waals surface area (Å²) in [6, 6.07) is 26.4. The second-order valence-corrected chi connectivity index (χ2v) is 7.71. The average Bonchev–Trinajstić information content (AvgIpc) is 3.23. The topological polar surface area (TPSA) is 44.1 Å². The molecule has 4 heteroatoms. The van der Waals surface area contributed by atoms with Crippen molar-refractivity contribution in [2.75, 3.05) is 0 Å². The largest absolute Gasteiger partial charge is 0.488 e. The molecular formula is C27H26N2O2. The first-order chi connectivity index (χ1) is 15.2. The van der Waals surface area contributed by atoms with Crippen LogP contribution in [0.1, 0.15) is 23.1 Å². The van der Waals surface area contributed by atoms with E-state index in [9.17, 15) is 4.79 Å². The molecule has 4 rings (SSSR count). The summed E-state index contributed by atoms with van der Waals surface area (Å²) >= 11 is 0. The van der Waals surface area contributed by atoms with E-state index in [0.717, 1.165) is 40.0 Å². The van der Waals surface area contributed by atoms with Crippen LogP contribution in [0.5, 0.6) is 5.75 Å². The zero-order chi connectivity index (χ0) is 21.5.